The first-order chi connectivity index (χ1) is 21.5. The third kappa shape index (κ3) is 5.03. The first-order valence-electron chi connectivity index (χ1n) is 13.9. The van der Waals surface area contributed by atoms with E-state index in [1.807, 2.05) is 72.8 Å². The van der Waals surface area contributed by atoms with Gasteiger partial charge in [-0.15, -0.1) is 0 Å². The van der Waals surface area contributed by atoms with Gasteiger partial charge in [0.15, 0.2) is 0 Å². The van der Waals surface area contributed by atoms with Crippen molar-refractivity contribution in [1.29, 1.82) is 0 Å². The van der Waals surface area contributed by atoms with Crippen LogP contribution in [0, 0.1) is 0 Å². The molecule has 3 N–H and O–H groups in total. The standard InChI is InChI=1S/C18H12ClNO2.C18H13NO3/c19-16-6-11(10-21)5-13-14(16)8-20-9-15(13)18-7-12-3-1-2-4-17(12)22-18;20-10-11-5-13-14(16(21)6-11)8-19-9-15(13)18-7-12-3-1-2-4-17(12)22-18/h1-9,21H,10H2;1-9,20-21H,10H2. The zero-order chi connectivity index (χ0) is 30.2. The molecule has 216 valence electrons. The van der Waals surface area contributed by atoms with Gasteiger partial charge in [-0.2, -0.15) is 0 Å². The van der Waals surface area contributed by atoms with E-state index < -0.39 is 0 Å². The van der Waals surface area contributed by atoms with Crippen LogP contribution in [0.4, 0.5) is 0 Å². The molecule has 0 bridgehead atoms. The van der Waals surface area contributed by atoms with Crippen LogP contribution in [0.25, 0.3) is 66.1 Å². The van der Waals surface area contributed by atoms with Crippen molar-refractivity contribution in [1.82, 2.24) is 9.97 Å². The molecule has 0 fully saturated rings. The molecule has 0 aliphatic heterocycles. The summed E-state index contributed by atoms with van der Waals surface area (Å²) in [7, 11) is 0. The van der Waals surface area contributed by atoms with Gasteiger partial charge in [0.25, 0.3) is 0 Å². The number of pyridine rings is 2. The second-order valence-corrected chi connectivity index (χ2v) is 10.8. The Morgan fingerprint density at radius 2 is 1.07 bits per heavy atom. The largest absolute Gasteiger partial charge is 0.507 e. The first kappa shape index (κ1) is 27.6. The van der Waals surface area contributed by atoms with Crippen molar-refractivity contribution in [2.24, 2.45) is 0 Å². The van der Waals surface area contributed by atoms with Crippen molar-refractivity contribution >= 4 is 55.1 Å². The van der Waals surface area contributed by atoms with Gasteiger partial charge in [0.2, 0.25) is 0 Å². The van der Waals surface area contributed by atoms with E-state index in [0.717, 1.165) is 60.5 Å². The van der Waals surface area contributed by atoms with Crippen LogP contribution in [0.1, 0.15) is 11.1 Å². The second-order valence-electron chi connectivity index (χ2n) is 10.4. The maximum Gasteiger partial charge on any atom is 0.137 e. The molecule has 0 unspecified atom stereocenters. The van der Waals surface area contributed by atoms with Gasteiger partial charge in [0.05, 0.1) is 18.2 Å². The Balaban J connectivity index is 0.000000142. The van der Waals surface area contributed by atoms with Crippen molar-refractivity contribution in [2.45, 2.75) is 13.2 Å². The molecular formula is C36H25ClN2O5. The number of fused-ring (bicyclic) bond motifs is 4. The van der Waals surface area contributed by atoms with Crippen molar-refractivity contribution < 1.29 is 24.2 Å². The molecule has 8 aromatic rings. The molecule has 0 aliphatic carbocycles. The lowest BCUT2D eigenvalue weighted by Crippen LogP contribution is -1.88. The number of benzene rings is 4. The Hall–Kier alpha value is -5.21. The van der Waals surface area contributed by atoms with E-state index in [1.54, 1.807) is 36.9 Å². The monoisotopic (exact) mass is 600 g/mol. The van der Waals surface area contributed by atoms with Gasteiger partial charge >= 0.3 is 0 Å². The zero-order valence-corrected chi connectivity index (χ0v) is 24.0. The first-order valence-corrected chi connectivity index (χ1v) is 14.3. The lowest BCUT2D eigenvalue weighted by molar-refractivity contribution is 0.281. The summed E-state index contributed by atoms with van der Waals surface area (Å²) in [5.41, 5.74) is 4.70. The molecule has 0 atom stereocenters. The summed E-state index contributed by atoms with van der Waals surface area (Å²) < 4.78 is 11.8. The fraction of sp³-hybridized carbons (Fsp3) is 0.0556. The molecule has 44 heavy (non-hydrogen) atoms. The van der Waals surface area contributed by atoms with Crippen molar-refractivity contribution in [3.8, 4) is 28.4 Å². The number of hydrogen-bond acceptors (Lipinski definition) is 7. The van der Waals surface area contributed by atoms with E-state index in [1.165, 1.54) is 0 Å². The molecule has 4 heterocycles. The number of para-hydroxylation sites is 2. The van der Waals surface area contributed by atoms with Crippen molar-refractivity contribution in [2.75, 3.05) is 0 Å². The summed E-state index contributed by atoms with van der Waals surface area (Å²) in [5.74, 6) is 1.53. The second kappa shape index (κ2) is 11.5. The number of hydrogen-bond donors (Lipinski definition) is 3. The van der Waals surface area contributed by atoms with Gasteiger partial charge in [0.1, 0.15) is 28.4 Å². The van der Waals surface area contributed by atoms with E-state index in [9.17, 15) is 15.3 Å². The van der Waals surface area contributed by atoms with E-state index in [-0.39, 0.29) is 19.0 Å². The highest BCUT2D eigenvalue weighted by molar-refractivity contribution is 6.36. The number of phenolic OH excluding ortho intramolecular Hbond substituents is 1. The maximum absolute atomic E-state index is 10.1. The lowest BCUT2D eigenvalue weighted by atomic mass is 10.0. The Kier molecular flexibility index (Phi) is 7.20. The van der Waals surface area contributed by atoms with Crippen LogP contribution in [0.3, 0.4) is 0 Å². The highest BCUT2D eigenvalue weighted by Crippen LogP contribution is 2.37. The molecular weight excluding hydrogens is 576 g/mol. The number of aromatic hydroxyl groups is 1. The van der Waals surface area contributed by atoms with Crippen molar-refractivity contribution in [3.63, 3.8) is 0 Å². The van der Waals surface area contributed by atoms with E-state index in [0.29, 0.717) is 21.7 Å². The average molecular weight is 601 g/mol. The average Bonchev–Trinajstić information content (AvgIpc) is 3.69. The molecule has 0 aliphatic rings. The number of phenols is 1. The third-order valence-electron chi connectivity index (χ3n) is 7.55. The number of nitrogens with zero attached hydrogens (tertiary/aromatic N) is 2. The van der Waals surface area contributed by atoms with E-state index >= 15 is 0 Å². The zero-order valence-electron chi connectivity index (χ0n) is 23.2. The predicted molar refractivity (Wildman–Crippen MR) is 172 cm³/mol. The fourth-order valence-electron chi connectivity index (χ4n) is 5.40. The number of aliphatic hydroxyl groups is 2. The minimum absolute atomic E-state index is 0.0580. The Morgan fingerprint density at radius 1 is 0.568 bits per heavy atom. The number of aromatic nitrogens is 2. The van der Waals surface area contributed by atoms with Gasteiger partial charge in [0, 0.05) is 57.5 Å². The summed E-state index contributed by atoms with van der Waals surface area (Å²) in [6.07, 6.45) is 6.81. The molecule has 8 rings (SSSR count). The minimum Gasteiger partial charge on any atom is -0.507 e. The number of rotatable bonds is 4. The number of halogens is 1. The van der Waals surface area contributed by atoms with E-state index in [4.69, 9.17) is 20.4 Å². The molecule has 4 aromatic heterocycles. The highest BCUT2D eigenvalue weighted by Gasteiger charge is 2.14. The predicted octanol–water partition coefficient (Wildman–Crippen LogP) is 8.64. The van der Waals surface area contributed by atoms with Crippen LogP contribution in [-0.4, -0.2) is 25.3 Å². The summed E-state index contributed by atoms with van der Waals surface area (Å²) in [6, 6.07) is 26.7. The molecule has 0 saturated carbocycles. The van der Waals surface area contributed by atoms with Gasteiger partial charge in [-0.25, -0.2) is 0 Å². The molecule has 4 aromatic carbocycles. The maximum atomic E-state index is 10.1. The summed E-state index contributed by atoms with van der Waals surface area (Å²) in [4.78, 5) is 8.46. The SMILES string of the molecule is OCc1cc(Cl)c2cncc(-c3cc4ccccc4o3)c2c1.OCc1cc(O)c2cncc(-c3cc4ccccc4o3)c2c1. The lowest BCUT2D eigenvalue weighted by Gasteiger charge is -2.07. The summed E-state index contributed by atoms with van der Waals surface area (Å²) >= 11 is 6.30. The van der Waals surface area contributed by atoms with Crippen LogP contribution in [0.15, 0.2) is 119 Å². The van der Waals surface area contributed by atoms with Crippen LogP contribution < -0.4 is 0 Å². The van der Waals surface area contributed by atoms with Crippen LogP contribution in [0.5, 0.6) is 5.75 Å². The van der Waals surface area contributed by atoms with Crippen molar-refractivity contribution in [3.05, 3.63) is 126 Å². The molecule has 0 spiro atoms. The Bertz CT molecular complexity index is 2080. The quantitative estimate of drug-likeness (QED) is 0.185. The normalized spacial score (nSPS) is 11.3. The number of aliphatic hydroxyl groups excluding tert-OH is 2. The smallest absolute Gasteiger partial charge is 0.137 e. The van der Waals surface area contributed by atoms with Gasteiger partial charge in [-0.05, 0) is 70.4 Å². The van der Waals surface area contributed by atoms with Gasteiger partial charge in [-0.3, -0.25) is 9.97 Å². The molecule has 8 heteroatoms. The van der Waals surface area contributed by atoms with Crippen LogP contribution >= 0.6 is 11.6 Å². The molecule has 0 amide bonds. The van der Waals surface area contributed by atoms with E-state index in [2.05, 4.69) is 9.97 Å². The van der Waals surface area contributed by atoms with Crippen LogP contribution in [-0.2, 0) is 13.2 Å². The van der Waals surface area contributed by atoms with Crippen LogP contribution in [0.2, 0.25) is 5.02 Å². The molecule has 7 nitrogen and oxygen atoms in total. The summed E-state index contributed by atoms with van der Waals surface area (Å²) in [6.45, 7) is -0.192. The summed E-state index contributed by atoms with van der Waals surface area (Å²) in [5, 5.41) is 34.7. The van der Waals surface area contributed by atoms with Gasteiger partial charge < -0.3 is 24.2 Å². The third-order valence-corrected chi connectivity index (χ3v) is 7.86. The Labute approximate surface area is 256 Å². The fourth-order valence-corrected chi connectivity index (χ4v) is 5.69. The topological polar surface area (TPSA) is 113 Å². The van der Waals surface area contributed by atoms with Gasteiger partial charge in [-0.1, -0.05) is 48.0 Å². The molecule has 0 saturated heterocycles. The number of furan rings is 2. The molecule has 0 radical (unpaired) electrons. The highest BCUT2D eigenvalue weighted by atomic mass is 35.5. The Morgan fingerprint density at radius 3 is 1.61 bits per heavy atom. The minimum atomic E-state index is -0.134.